The van der Waals surface area contributed by atoms with Gasteiger partial charge < -0.3 is 8.98 Å². The maximum absolute atomic E-state index is 6.73. The van der Waals surface area contributed by atoms with Crippen molar-refractivity contribution in [2.75, 3.05) is 0 Å². The second-order valence-electron chi connectivity index (χ2n) is 13.5. The van der Waals surface area contributed by atoms with E-state index >= 15 is 0 Å². The molecule has 11 rings (SSSR count). The van der Waals surface area contributed by atoms with Crippen molar-refractivity contribution in [2.24, 2.45) is 0 Å². The maximum Gasteiger partial charge on any atom is 0.144 e. The fourth-order valence-electron chi connectivity index (χ4n) is 8.15. The van der Waals surface area contributed by atoms with Crippen LogP contribution in [0.3, 0.4) is 0 Å². The van der Waals surface area contributed by atoms with E-state index in [0.29, 0.717) is 0 Å². The highest BCUT2D eigenvalue weighted by atomic mass is 16.3. The summed E-state index contributed by atoms with van der Waals surface area (Å²) in [6.07, 6.45) is 0. The predicted octanol–water partition coefficient (Wildman–Crippen LogP) is 13.4. The molecule has 11 aromatic rings. The standard InChI is InChI=1S/C49H30N2O/c1-3-12-31(13-4-1)48-41-26-25-39-42-29-34(23-27-46(42)52-49(39)47(41)40-19-7-9-20-43(40)50-48)32-14-11-15-33(28-32)35-22-24-38-37-18-8-10-21-44(37)51(45(38)30-35)36-16-5-2-6-17-36/h1-30H. The molecule has 52 heavy (non-hydrogen) atoms. The molecule has 8 aromatic carbocycles. The molecule has 3 nitrogen and oxygen atoms in total. The SMILES string of the molecule is c1ccc(-c2nc3ccccc3c3c2ccc2c4cc(-c5cccc(-c6ccc7c8ccccc8n(-c8ccccc8)c7c6)c5)ccc4oc23)cc1. The third kappa shape index (κ3) is 4.36. The fourth-order valence-corrected chi connectivity index (χ4v) is 8.15. The molecule has 0 N–H and O–H groups in total. The van der Waals surface area contributed by atoms with Crippen LogP contribution in [0.2, 0.25) is 0 Å². The van der Waals surface area contributed by atoms with Crippen LogP contribution in [0, 0.1) is 0 Å². The highest BCUT2D eigenvalue weighted by Crippen LogP contribution is 2.42. The third-order valence-electron chi connectivity index (χ3n) is 10.6. The van der Waals surface area contributed by atoms with Gasteiger partial charge >= 0.3 is 0 Å². The number of furan rings is 1. The van der Waals surface area contributed by atoms with Crippen LogP contribution in [0.25, 0.3) is 105 Å². The number of nitrogens with zero attached hydrogens (tertiary/aromatic N) is 2. The monoisotopic (exact) mass is 662 g/mol. The van der Waals surface area contributed by atoms with Gasteiger partial charge in [-0.15, -0.1) is 0 Å². The first-order valence-corrected chi connectivity index (χ1v) is 17.7. The average molecular weight is 663 g/mol. The Labute approximate surface area is 299 Å². The Morgan fingerprint density at radius 2 is 1.00 bits per heavy atom. The van der Waals surface area contributed by atoms with Gasteiger partial charge in [-0.1, -0.05) is 127 Å². The predicted molar refractivity (Wildman–Crippen MR) is 217 cm³/mol. The van der Waals surface area contributed by atoms with Crippen molar-refractivity contribution in [2.45, 2.75) is 0 Å². The minimum atomic E-state index is 0.878. The van der Waals surface area contributed by atoms with Gasteiger partial charge in [0.15, 0.2) is 0 Å². The lowest BCUT2D eigenvalue weighted by Gasteiger charge is -2.10. The van der Waals surface area contributed by atoms with Crippen LogP contribution in [0.1, 0.15) is 0 Å². The second-order valence-corrected chi connectivity index (χ2v) is 13.5. The Morgan fingerprint density at radius 3 is 1.85 bits per heavy atom. The maximum atomic E-state index is 6.73. The van der Waals surface area contributed by atoms with Crippen LogP contribution in [0.15, 0.2) is 186 Å². The second kappa shape index (κ2) is 11.3. The summed E-state index contributed by atoms with van der Waals surface area (Å²) in [6, 6.07) is 64.9. The van der Waals surface area contributed by atoms with Gasteiger partial charge in [-0.05, 0) is 76.9 Å². The molecule has 0 fully saturated rings. The van der Waals surface area contributed by atoms with Crippen molar-refractivity contribution in [1.82, 2.24) is 9.55 Å². The summed E-state index contributed by atoms with van der Waals surface area (Å²) in [5, 5.41) is 8.01. The zero-order valence-corrected chi connectivity index (χ0v) is 28.1. The molecule has 0 unspecified atom stereocenters. The van der Waals surface area contributed by atoms with Crippen molar-refractivity contribution in [3.05, 3.63) is 182 Å². The summed E-state index contributed by atoms with van der Waals surface area (Å²) in [7, 11) is 0. The van der Waals surface area contributed by atoms with E-state index in [1.807, 2.05) is 6.07 Å². The van der Waals surface area contributed by atoms with Gasteiger partial charge in [0.05, 0.1) is 22.2 Å². The highest BCUT2D eigenvalue weighted by molar-refractivity contribution is 6.25. The molecule has 0 atom stereocenters. The average Bonchev–Trinajstić information content (AvgIpc) is 3.76. The molecule has 0 bridgehead atoms. The highest BCUT2D eigenvalue weighted by Gasteiger charge is 2.18. The lowest BCUT2D eigenvalue weighted by Crippen LogP contribution is -1.93. The molecular weight excluding hydrogens is 633 g/mol. The number of aromatic nitrogens is 2. The zero-order chi connectivity index (χ0) is 34.2. The first kappa shape index (κ1) is 28.8. The molecule has 0 aliphatic heterocycles. The van der Waals surface area contributed by atoms with E-state index in [9.17, 15) is 0 Å². The molecule has 3 aromatic heterocycles. The lowest BCUT2D eigenvalue weighted by atomic mass is 9.96. The van der Waals surface area contributed by atoms with E-state index in [1.165, 1.54) is 38.5 Å². The number of rotatable bonds is 4. The van der Waals surface area contributed by atoms with Crippen molar-refractivity contribution < 1.29 is 4.42 Å². The summed E-state index contributed by atoms with van der Waals surface area (Å²) in [6.45, 7) is 0. The first-order valence-electron chi connectivity index (χ1n) is 17.7. The topological polar surface area (TPSA) is 31.0 Å². The van der Waals surface area contributed by atoms with Crippen molar-refractivity contribution in [3.8, 4) is 39.2 Å². The van der Waals surface area contributed by atoms with E-state index in [0.717, 1.165) is 66.1 Å². The van der Waals surface area contributed by atoms with Crippen molar-refractivity contribution in [3.63, 3.8) is 0 Å². The van der Waals surface area contributed by atoms with E-state index < -0.39 is 0 Å². The quantitative estimate of drug-likeness (QED) is 0.176. The van der Waals surface area contributed by atoms with Crippen LogP contribution in [0.4, 0.5) is 0 Å². The molecule has 0 aliphatic rings. The minimum absolute atomic E-state index is 0.878. The smallest absolute Gasteiger partial charge is 0.144 e. The van der Waals surface area contributed by atoms with Crippen LogP contribution in [-0.4, -0.2) is 9.55 Å². The Hall–Kier alpha value is -6.97. The molecule has 0 spiro atoms. The molecule has 3 heteroatoms. The van der Waals surface area contributed by atoms with Crippen LogP contribution < -0.4 is 0 Å². The van der Waals surface area contributed by atoms with Gasteiger partial charge in [0.2, 0.25) is 0 Å². The fraction of sp³-hybridized carbons (Fsp3) is 0. The molecule has 0 saturated heterocycles. The number of fused-ring (bicyclic) bond motifs is 10. The summed E-state index contributed by atoms with van der Waals surface area (Å²) >= 11 is 0. The van der Waals surface area contributed by atoms with Crippen LogP contribution in [-0.2, 0) is 0 Å². The Balaban J connectivity index is 1.06. The van der Waals surface area contributed by atoms with Gasteiger partial charge in [-0.2, -0.15) is 0 Å². The minimum Gasteiger partial charge on any atom is -0.455 e. The van der Waals surface area contributed by atoms with Crippen LogP contribution >= 0.6 is 0 Å². The molecular formula is C49H30N2O. The van der Waals surface area contributed by atoms with E-state index in [-0.39, 0.29) is 0 Å². The van der Waals surface area contributed by atoms with Gasteiger partial charge in [0, 0.05) is 49.0 Å². The third-order valence-corrected chi connectivity index (χ3v) is 10.6. The van der Waals surface area contributed by atoms with Gasteiger partial charge in [0.1, 0.15) is 11.2 Å². The summed E-state index contributed by atoms with van der Waals surface area (Å²) in [4.78, 5) is 5.13. The summed E-state index contributed by atoms with van der Waals surface area (Å²) in [5.41, 5.74) is 13.1. The van der Waals surface area contributed by atoms with E-state index in [1.54, 1.807) is 0 Å². The summed E-state index contributed by atoms with van der Waals surface area (Å²) in [5.74, 6) is 0. The van der Waals surface area contributed by atoms with Gasteiger partial charge in [-0.3, -0.25) is 0 Å². The number of pyridine rings is 1. The first-order chi connectivity index (χ1) is 25.8. The van der Waals surface area contributed by atoms with Crippen molar-refractivity contribution in [1.29, 1.82) is 0 Å². The lowest BCUT2D eigenvalue weighted by molar-refractivity contribution is 0.673. The molecule has 242 valence electrons. The van der Waals surface area contributed by atoms with Gasteiger partial charge in [-0.25, -0.2) is 4.98 Å². The number of benzene rings is 8. The molecule has 0 saturated carbocycles. The Bertz CT molecular complexity index is 3170. The molecule has 0 amide bonds. The van der Waals surface area contributed by atoms with E-state index in [4.69, 9.17) is 9.40 Å². The molecule has 0 radical (unpaired) electrons. The largest absolute Gasteiger partial charge is 0.455 e. The summed E-state index contributed by atoms with van der Waals surface area (Å²) < 4.78 is 9.11. The number of hydrogen-bond acceptors (Lipinski definition) is 2. The number of para-hydroxylation sites is 3. The zero-order valence-electron chi connectivity index (χ0n) is 28.1. The van der Waals surface area contributed by atoms with Gasteiger partial charge in [0.25, 0.3) is 0 Å². The molecule has 0 aliphatic carbocycles. The normalized spacial score (nSPS) is 11.8. The number of hydrogen-bond donors (Lipinski definition) is 0. The van der Waals surface area contributed by atoms with Crippen molar-refractivity contribution >= 4 is 65.4 Å². The Morgan fingerprint density at radius 1 is 0.385 bits per heavy atom. The Kier molecular flexibility index (Phi) is 6.25. The van der Waals surface area contributed by atoms with E-state index in [2.05, 4.69) is 180 Å². The van der Waals surface area contributed by atoms with Crippen LogP contribution in [0.5, 0.6) is 0 Å². The molecule has 3 heterocycles.